The van der Waals surface area contributed by atoms with Crippen LogP contribution in [-0.2, 0) is 11.8 Å². The molecule has 160 valence electrons. The lowest BCUT2D eigenvalue weighted by Crippen LogP contribution is -2.16. The second-order valence-electron chi connectivity index (χ2n) is 7.06. The Morgan fingerprint density at radius 1 is 1.00 bits per heavy atom. The van der Waals surface area contributed by atoms with E-state index in [9.17, 15) is 18.4 Å². The molecule has 0 saturated heterocycles. The van der Waals surface area contributed by atoms with Crippen LogP contribution in [0.5, 0.6) is 11.5 Å². The molecule has 7 heteroatoms. The molecule has 4 aromatic rings. The molecule has 0 unspecified atom stereocenters. The number of fused-ring (bicyclic) bond motifs is 1. The highest BCUT2D eigenvalue weighted by atomic mass is 19.1. The molecule has 32 heavy (non-hydrogen) atoms. The van der Waals surface area contributed by atoms with Gasteiger partial charge in [0.1, 0.15) is 5.75 Å². The number of aryl methyl sites for hydroxylation is 1. The molecule has 1 N–H and O–H groups in total. The molecule has 5 nitrogen and oxygen atoms in total. The Balaban J connectivity index is 1.97. The molecule has 0 bridgehead atoms. The topological polar surface area (TPSA) is 60.3 Å². The van der Waals surface area contributed by atoms with Crippen molar-refractivity contribution < 1.29 is 18.3 Å². The van der Waals surface area contributed by atoms with Crippen LogP contribution in [0.25, 0.3) is 21.9 Å². The second-order valence-corrected chi connectivity index (χ2v) is 7.06. The molecular formula is C25H18F2N2O3. The number of anilines is 1. The summed E-state index contributed by atoms with van der Waals surface area (Å²) in [6.45, 7) is 3.43. The lowest BCUT2D eigenvalue weighted by molar-refractivity contribution is -0.111. The van der Waals surface area contributed by atoms with Gasteiger partial charge in [0.15, 0.2) is 17.4 Å². The molecule has 4 rings (SSSR count). The van der Waals surface area contributed by atoms with Crippen LogP contribution < -0.4 is 15.6 Å². The number of halogens is 2. The van der Waals surface area contributed by atoms with E-state index in [-0.39, 0.29) is 11.3 Å². The minimum atomic E-state index is -0.856. The summed E-state index contributed by atoms with van der Waals surface area (Å²) in [5.41, 5.74) is 1.25. The van der Waals surface area contributed by atoms with Crippen molar-refractivity contribution >= 4 is 22.4 Å². The average molecular weight is 432 g/mol. The Morgan fingerprint density at radius 3 is 2.38 bits per heavy atom. The number of hydrogen-bond acceptors (Lipinski definition) is 3. The van der Waals surface area contributed by atoms with E-state index in [0.29, 0.717) is 27.6 Å². The van der Waals surface area contributed by atoms with Crippen molar-refractivity contribution in [2.24, 2.45) is 7.05 Å². The summed E-state index contributed by atoms with van der Waals surface area (Å²) < 4.78 is 35.6. The molecular weight excluding hydrogens is 414 g/mol. The number of nitrogens with one attached hydrogen (secondary N) is 1. The number of nitrogens with zero attached hydrogens (tertiary/aromatic N) is 1. The Kier molecular flexibility index (Phi) is 5.55. The Labute approximate surface area is 182 Å². The summed E-state index contributed by atoms with van der Waals surface area (Å²) in [5.74, 6) is -2.54. The fraction of sp³-hybridized carbons (Fsp3) is 0.0400. The summed E-state index contributed by atoms with van der Waals surface area (Å²) in [5, 5.41) is 3.76. The lowest BCUT2D eigenvalue weighted by Gasteiger charge is -2.16. The molecule has 0 radical (unpaired) electrons. The number of aromatic nitrogens is 1. The van der Waals surface area contributed by atoms with Gasteiger partial charge in [-0.15, -0.1) is 0 Å². The highest BCUT2D eigenvalue weighted by Gasteiger charge is 2.18. The fourth-order valence-corrected chi connectivity index (χ4v) is 3.42. The van der Waals surface area contributed by atoms with Crippen molar-refractivity contribution in [1.82, 2.24) is 4.57 Å². The van der Waals surface area contributed by atoms with Crippen LogP contribution in [0.1, 0.15) is 0 Å². The van der Waals surface area contributed by atoms with E-state index < -0.39 is 23.3 Å². The van der Waals surface area contributed by atoms with Crippen LogP contribution in [-0.4, -0.2) is 10.5 Å². The number of carbonyl (C=O) groups excluding carboxylic acids is 1. The van der Waals surface area contributed by atoms with Gasteiger partial charge in [0.05, 0.1) is 0 Å². The average Bonchev–Trinajstić information content (AvgIpc) is 2.79. The zero-order valence-electron chi connectivity index (χ0n) is 17.1. The third-order valence-electron chi connectivity index (χ3n) is 4.94. The Hall–Kier alpha value is -4.26. The number of benzene rings is 3. The van der Waals surface area contributed by atoms with Crippen molar-refractivity contribution in [3.8, 4) is 22.6 Å². The predicted molar refractivity (Wildman–Crippen MR) is 120 cm³/mol. The maximum absolute atomic E-state index is 14.3. The maximum Gasteiger partial charge on any atom is 0.258 e. The van der Waals surface area contributed by atoms with Gasteiger partial charge in [0.25, 0.3) is 5.56 Å². The van der Waals surface area contributed by atoms with E-state index in [0.717, 1.165) is 18.2 Å². The van der Waals surface area contributed by atoms with Crippen LogP contribution in [0.4, 0.5) is 14.5 Å². The summed E-state index contributed by atoms with van der Waals surface area (Å²) in [4.78, 5) is 24.4. The summed E-state index contributed by atoms with van der Waals surface area (Å²) in [6, 6.07) is 15.1. The first-order chi connectivity index (χ1) is 15.4. The number of amides is 1. The van der Waals surface area contributed by atoms with Crippen LogP contribution >= 0.6 is 0 Å². The zero-order chi connectivity index (χ0) is 22.8. The SMILES string of the molecule is C=CC(=O)Nc1ccc(Oc2c(F)cccc2F)c(-c2cn(C)c(=O)c3ccccc23)c1. The van der Waals surface area contributed by atoms with Gasteiger partial charge in [-0.1, -0.05) is 30.8 Å². The standard InChI is InChI=1S/C25H18F2N2O3/c1-3-23(30)28-15-11-12-22(32-24-20(26)9-6-10-21(24)27)18(13-15)19-14-29(2)25(31)17-8-5-4-7-16(17)19/h3-14H,1H2,2H3,(H,28,30). The molecule has 0 aliphatic carbocycles. The number of rotatable bonds is 5. The van der Waals surface area contributed by atoms with Crippen LogP contribution in [0.15, 0.2) is 84.3 Å². The molecule has 0 atom stereocenters. The molecule has 0 fully saturated rings. The Bertz CT molecular complexity index is 1410. The number of hydrogen-bond donors (Lipinski definition) is 1. The quantitative estimate of drug-likeness (QED) is 0.430. The second kappa shape index (κ2) is 8.47. The third kappa shape index (κ3) is 3.88. The third-order valence-corrected chi connectivity index (χ3v) is 4.94. The van der Waals surface area contributed by atoms with E-state index in [1.54, 1.807) is 49.6 Å². The van der Waals surface area contributed by atoms with Gasteiger partial charge in [-0.25, -0.2) is 8.78 Å². The highest BCUT2D eigenvalue weighted by Crippen LogP contribution is 2.39. The minimum Gasteiger partial charge on any atom is -0.451 e. The summed E-state index contributed by atoms with van der Waals surface area (Å²) in [7, 11) is 1.61. The smallest absolute Gasteiger partial charge is 0.258 e. The van der Waals surface area contributed by atoms with Crippen molar-refractivity contribution in [2.45, 2.75) is 0 Å². The molecule has 0 aliphatic heterocycles. The van der Waals surface area contributed by atoms with E-state index in [1.165, 1.54) is 16.7 Å². The molecule has 1 aromatic heterocycles. The summed E-state index contributed by atoms with van der Waals surface area (Å²) in [6.07, 6.45) is 2.74. The largest absolute Gasteiger partial charge is 0.451 e. The molecule has 0 aliphatic rings. The maximum atomic E-state index is 14.3. The molecule has 0 saturated carbocycles. The van der Waals surface area contributed by atoms with Gasteiger partial charge >= 0.3 is 0 Å². The van der Waals surface area contributed by atoms with Crippen LogP contribution in [0, 0.1) is 11.6 Å². The van der Waals surface area contributed by atoms with Gasteiger partial charge in [-0.3, -0.25) is 9.59 Å². The number of carbonyl (C=O) groups is 1. The number of pyridine rings is 1. The number of para-hydroxylation sites is 1. The van der Waals surface area contributed by atoms with Gasteiger partial charge in [0.2, 0.25) is 5.91 Å². The molecule has 0 spiro atoms. The van der Waals surface area contributed by atoms with Crippen molar-refractivity contribution in [3.05, 3.63) is 102 Å². The molecule has 1 heterocycles. The van der Waals surface area contributed by atoms with Crippen LogP contribution in [0.2, 0.25) is 0 Å². The monoisotopic (exact) mass is 432 g/mol. The zero-order valence-corrected chi connectivity index (χ0v) is 17.1. The highest BCUT2D eigenvalue weighted by molar-refractivity contribution is 6.01. The molecule has 1 amide bonds. The number of ether oxygens (including phenoxy) is 1. The van der Waals surface area contributed by atoms with Crippen molar-refractivity contribution in [3.63, 3.8) is 0 Å². The van der Waals surface area contributed by atoms with E-state index in [1.807, 2.05) is 0 Å². The van der Waals surface area contributed by atoms with E-state index in [2.05, 4.69) is 11.9 Å². The lowest BCUT2D eigenvalue weighted by atomic mass is 9.99. The first kappa shape index (κ1) is 21.0. The van der Waals surface area contributed by atoms with Crippen LogP contribution in [0.3, 0.4) is 0 Å². The van der Waals surface area contributed by atoms with Gasteiger partial charge in [-0.05, 0) is 47.9 Å². The normalized spacial score (nSPS) is 10.7. The Morgan fingerprint density at radius 2 is 1.69 bits per heavy atom. The van der Waals surface area contributed by atoms with Gasteiger partial charge < -0.3 is 14.6 Å². The van der Waals surface area contributed by atoms with Crippen molar-refractivity contribution in [2.75, 3.05) is 5.32 Å². The van der Waals surface area contributed by atoms with E-state index in [4.69, 9.17) is 4.74 Å². The first-order valence-electron chi connectivity index (χ1n) is 9.67. The first-order valence-corrected chi connectivity index (χ1v) is 9.67. The summed E-state index contributed by atoms with van der Waals surface area (Å²) >= 11 is 0. The predicted octanol–water partition coefficient (Wildman–Crippen LogP) is 5.40. The van der Waals surface area contributed by atoms with Crippen molar-refractivity contribution in [1.29, 1.82) is 0 Å². The van der Waals surface area contributed by atoms with E-state index >= 15 is 0 Å². The van der Waals surface area contributed by atoms with Gasteiger partial charge in [-0.2, -0.15) is 0 Å². The fourth-order valence-electron chi connectivity index (χ4n) is 3.42. The minimum absolute atomic E-state index is 0.148. The molecule has 3 aromatic carbocycles. The van der Waals surface area contributed by atoms with Gasteiger partial charge in [0, 0.05) is 35.4 Å².